The number of non-ortho nitro benzene ring substituents is 1. The number of nitro groups is 1. The zero-order valence-corrected chi connectivity index (χ0v) is 9.78. The van der Waals surface area contributed by atoms with Crippen molar-refractivity contribution in [3.8, 4) is 0 Å². The third kappa shape index (κ3) is 3.81. The average molecular weight is 253 g/mol. The van der Waals surface area contributed by atoms with Crippen LogP contribution in [0, 0.1) is 10.1 Å². The fraction of sp³-hybridized carbons (Fsp3) is 0.417. The van der Waals surface area contributed by atoms with Gasteiger partial charge in [0.1, 0.15) is 0 Å². The summed E-state index contributed by atoms with van der Waals surface area (Å²) in [7, 11) is 0. The van der Waals surface area contributed by atoms with Gasteiger partial charge in [0.2, 0.25) is 0 Å². The highest BCUT2D eigenvalue weighted by Gasteiger charge is 2.20. The molecule has 0 aliphatic rings. The quantitative estimate of drug-likeness (QED) is 0.439. The van der Waals surface area contributed by atoms with Crippen LogP contribution in [0.5, 0.6) is 0 Å². The van der Waals surface area contributed by atoms with Gasteiger partial charge in [-0.3, -0.25) is 14.9 Å². The van der Waals surface area contributed by atoms with Crippen LogP contribution in [-0.4, -0.2) is 27.7 Å². The Morgan fingerprint density at radius 3 is 2.33 bits per heavy atom. The molecule has 6 heteroatoms. The lowest BCUT2D eigenvalue weighted by Gasteiger charge is -2.11. The predicted octanol–water partition coefficient (Wildman–Crippen LogP) is 1.93. The first kappa shape index (κ1) is 14.1. The number of benzene rings is 1. The number of nitrogens with zero attached hydrogens (tertiary/aromatic N) is 1. The summed E-state index contributed by atoms with van der Waals surface area (Å²) in [6.07, 6.45) is 1.56. The molecule has 1 rings (SSSR count). The number of aliphatic hydroxyl groups excluding tert-OH is 1. The summed E-state index contributed by atoms with van der Waals surface area (Å²) in [5, 5.41) is 28.3. The zero-order chi connectivity index (χ0) is 13.5. The zero-order valence-electron chi connectivity index (χ0n) is 9.78. The third-order valence-corrected chi connectivity index (χ3v) is 2.71. The molecule has 1 unspecified atom stereocenters. The number of rotatable bonds is 7. The van der Waals surface area contributed by atoms with Crippen molar-refractivity contribution >= 4 is 11.7 Å². The van der Waals surface area contributed by atoms with Gasteiger partial charge in [-0.25, -0.2) is 0 Å². The van der Waals surface area contributed by atoms with Gasteiger partial charge in [0, 0.05) is 18.7 Å². The minimum atomic E-state index is -0.957. The average Bonchev–Trinajstić information content (AvgIpc) is 2.34. The van der Waals surface area contributed by atoms with Gasteiger partial charge in [0.05, 0.1) is 10.8 Å². The van der Waals surface area contributed by atoms with E-state index in [4.69, 9.17) is 10.2 Å². The molecule has 1 aromatic carbocycles. The van der Waals surface area contributed by atoms with E-state index in [2.05, 4.69) is 0 Å². The molecule has 0 aliphatic carbocycles. The maximum atomic E-state index is 11.1. The molecule has 98 valence electrons. The van der Waals surface area contributed by atoms with E-state index in [1.165, 1.54) is 24.3 Å². The van der Waals surface area contributed by atoms with E-state index in [9.17, 15) is 14.9 Å². The van der Waals surface area contributed by atoms with Crippen LogP contribution < -0.4 is 0 Å². The van der Waals surface area contributed by atoms with Gasteiger partial charge in [-0.2, -0.15) is 0 Å². The van der Waals surface area contributed by atoms with Crippen LogP contribution in [0.2, 0.25) is 0 Å². The molecule has 6 nitrogen and oxygen atoms in total. The number of carboxylic acid groups (broad SMARTS) is 1. The van der Waals surface area contributed by atoms with Crippen molar-refractivity contribution in [1.82, 2.24) is 0 Å². The summed E-state index contributed by atoms with van der Waals surface area (Å²) in [5.74, 6) is -1.64. The number of aliphatic carboxylic acids is 1. The number of nitro benzene ring substituents is 1. The second-order valence-corrected chi connectivity index (χ2v) is 3.96. The summed E-state index contributed by atoms with van der Waals surface area (Å²) < 4.78 is 0. The normalized spacial score (nSPS) is 12.1. The minimum Gasteiger partial charge on any atom is -0.481 e. The monoisotopic (exact) mass is 253 g/mol. The van der Waals surface area contributed by atoms with Crippen molar-refractivity contribution in [3.63, 3.8) is 0 Å². The lowest BCUT2D eigenvalue weighted by atomic mass is 9.93. The van der Waals surface area contributed by atoms with Crippen molar-refractivity contribution in [2.75, 3.05) is 6.61 Å². The predicted molar refractivity (Wildman–Crippen MR) is 64.4 cm³/mol. The number of hydrogen-bond donors (Lipinski definition) is 2. The van der Waals surface area contributed by atoms with Crippen LogP contribution in [0.4, 0.5) is 5.69 Å². The van der Waals surface area contributed by atoms with E-state index in [1.54, 1.807) is 0 Å². The molecule has 0 bridgehead atoms. The molecule has 0 heterocycles. The van der Waals surface area contributed by atoms with Crippen molar-refractivity contribution in [1.29, 1.82) is 0 Å². The Labute approximate surface area is 104 Å². The van der Waals surface area contributed by atoms with Gasteiger partial charge in [-0.15, -0.1) is 0 Å². The summed E-state index contributed by atoms with van der Waals surface area (Å²) in [5.41, 5.74) is 0.490. The Balaban J connectivity index is 2.79. The van der Waals surface area contributed by atoms with E-state index in [-0.39, 0.29) is 12.3 Å². The first-order chi connectivity index (χ1) is 8.56. The molecule has 0 aliphatic heterocycles. The van der Waals surface area contributed by atoms with Crippen LogP contribution in [0.3, 0.4) is 0 Å². The Kier molecular flexibility index (Phi) is 5.26. The lowest BCUT2D eigenvalue weighted by molar-refractivity contribution is -0.384. The highest BCUT2D eigenvalue weighted by Crippen LogP contribution is 2.24. The van der Waals surface area contributed by atoms with Gasteiger partial charge < -0.3 is 10.2 Å². The summed E-state index contributed by atoms with van der Waals surface area (Å²) in [6, 6.07) is 5.54. The molecule has 0 saturated heterocycles. The summed E-state index contributed by atoms with van der Waals surface area (Å²) >= 11 is 0. The maximum Gasteiger partial charge on any atom is 0.310 e. The van der Waals surface area contributed by atoms with Crippen LogP contribution in [0.1, 0.15) is 30.7 Å². The van der Waals surface area contributed by atoms with Crippen molar-refractivity contribution < 1.29 is 19.9 Å². The molecule has 2 N–H and O–H groups in total. The first-order valence-electron chi connectivity index (χ1n) is 5.64. The summed E-state index contributed by atoms with van der Waals surface area (Å²) in [4.78, 5) is 21.1. The van der Waals surface area contributed by atoms with Gasteiger partial charge in [-0.05, 0) is 24.8 Å². The van der Waals surface area contributed by atoms with Crippen molar-refractivity contribution in [2.24, 2.45) is 0 Å². The number of carboxylic acids is 1. The molecule has 0 fully saturated rings. The van der Waals surface area contributed by atoms with E-state index in [1.807, 2.05) is 0 Å². The van der Waals surface area contributed by atoms with E-state index < -0.39 is 16.8 Å². The molecule has 0 radical (unpaired) electrons. The van der Waals surface area contributed by atoms with Crippen LogP contribution in [0.25, 0.3) is 0 Å². The SMILES string of the molecule is O=C(O)C(CCCCO)c1ccc([N+](=O)[O-])cc1. The molecule has 0 amide bonds. The molecule has 1 atom stereocenters. The highest BCUT2D eigenvalue weighted by atomic mass is 16.6. The largest absolute Gasteiger partial charge is 0.481 e. The van der Waals surface area contributed by atoms with Gasteiger partial charge in [0.15, 0.2) is 0 Å². The molecule has 0 aromatic heterocycles. The Morgan fingerprint density at radius 2 is 1.89 bits per heavy atom. The Morgan fingerprint density at radius 1 is 1.28 bits per heavy atom. The maximum absolute atomic E-state index is 11.1. The van der Waals surface area contributed by atoms with Crippen molar-refractivity contribution in [3.05, 3.63) is 39.9 Å². The fourth-order valence-corrected chi connectivity index (χ4v) is 1.72. The molecule has 0 saturated carbocycles. The Hall–Kier alpha value is -1.95. The molecule has 18 heavy (non-hydrogen) atoms. The number of unbranched alkanes of at least 4 members (excludes halogenated alkanes) is 1. The van der Waals surface area contributed by atoms with Crippen LogP contribution in [-0.2, 0) is 4.79 Å². The second kappa shape index (κ2) is 6.70. The Bertz CT molecular complexity index is 415. The van der Waals surface area contributed by atoms with Gasteiger partial charge in [-0.1, -0.05) is 12.1 Å². The number of aliphatic hydroxyl groups is 1. The van der Waals surface area contributed by atoms with Crippen LogP contribution >= 0.6 is 0 Å². The van der Waals surface area contributed by atoms with Crippen molar-refractivity contribution in [2.45, 2.75) is 25.2 Å². The number of hydrogen-bond acceptors (Lipinski definition) is 4. The first-order valence-corrected chi connectivity index (χ1v) is 5.64. The lowest BCUT2D eigenvalue weighted by Crippen LogP contribution is -2.11. The van der Waals surface area contributed by atoms with E-state index in [0.29, 0.717) is 24.8 Å². The minimum absolute atomic E-state index is 0.0343. The molecule has 0 spiro atoms. The van der Waals surface area contributed by atoms with E-state index in [0.717, 1.165) is 0 Å². The smallest absolute Gasteiger partial charge is 0.310 e. The third-order valence-electron chi connectivity index (χ3n) is 2.71. The standard InChI is InChI=1S/C12H15NO5/c14-8-2-1-3-11(12(15)16)9-4-6-10(7-5-9)13(17)18/h4-7,11,14H,1-3,8H2,(H,15,16). The highest BCUT2D eigenvalue weighted by molar-refractivity contribution is 5.76. The van der Waals surface area contributed by atoms with E-state index >= 15 is 0 Å². The molecule has 1 aromatic rings. The van der Waals surface area contributed by atoms with Gasteiger partial charge in [0.25, 0.3) is 5.69 Å². The van der Waals surface area contributed by atoms with Crippen LogP contribution in [0.15, 0.2) is 24.3 Å². The fourth-order valence-electron chi connectivity index (χ4n) is 1.72. The topological polar surface area (TPSA) is 101 Å². The summed E-state index contributed by atoms with van der Waals surface area (Å²) in [6.45, 7) is 0.0343. The second-order valence-electron chi connectivity index (χ2n) is 3.96. The molecular formula is C12H15NO5. The van der Waals surface area contributed by atoms with Gasteiger partial charge >= 0.3 is 5.97 Å². The number of carbonyl (C=O) groups is 1. The molecular weight excluding hydrogens is 238 g/mol.